The smallest absolute Gasteiger partial charge is 0.255 e. The van der Waals surface area contributed by atoms with Crippen molar-refractivity contribution in [3.63, 3.8) is 0 Å². The fourth-order valence-corrected chi connectivity index (χ4v) is 5.07. The van der Waals surface area contributed by atoms with E-state index in [4.69, 9.17) is 9.47 Å². The fraction of sp³-hybridized carbons (Fsp3) is 0.435. The third-order valence-corrected chi connectivity index (χ3v) is 7.13. The molecule has 0 bridgehead atoms. The Hall–Kier alpha value is -2.42. The van der Waals surface area contributed by atoms with Crippen LogP contribution in [0, 0.1) is 5.92 Å². The summed E-state index contributed by atoms with van der Waals surface area (Å²) in [6, 6.07) is 14.0. The highest BCUT2D eigenvalue weighted by molar-refractivity contribution is 7.89. The van der Waals surface area contributed by atoms with Gasteiger partial charge in [-0.3, -0.25) is 4.79 Å². The molecule has 1 heterocycles. The summed E-state index contributed by atoms with van der Waals surface area (Å²) in [4.78, 5) is 13.3. The molecule has 1 amide bonds. The van der Waals surface area contributed by atoms with E-state index in [-0.39, 0.29) is 22.4 Å². The molecule has 1 saturated heterocycles. The van der Waals surface area contributed by atoms with Crippen LogP contribution in [0.3, 0.4) is 0 Å². The molecule has 0 radical (unpaired) electrons. The van der Waals surface area contributed by atoms with E-state index < -0.39 is 10.0 Å². The van der Waals surface area contributed by atoms with Crippen LogP contribution in [0.5, 0.6) is 5.75 Å². The third-order valence-electron chi connectivity index (χ3n) is 5.24. The van der Waals surface area contributed by atoms with Crippen LogP contribution in [0.25, 0.3) is 0 Å². The molecule has 1 atom stereocenters. The van der Waals surface area contributed by atoms with Crippen LogP contribution in [0.4, 0.5) is 0 Å². The number of amides is 1. The van der Waals surface area contributed by atoms with Gasteiger partial charge < -0.3 is 14.8 Å². The number of nitrogens with zero attached hydrogens (tertiary/aromatic N) is 1. The number of carbonyl (C=O) groups is 1. The van der Waals surface area contributed by atoms with Gasteiger partial charge in [0.25, 0.3) is 5.91 Å². The Morgan fingerprint density at radius 2 is 1.81 bits per heavy atom. The molecular formula is C23H30N2O5S. The third kappa shape index (κ3) is 5.64. The Labute approximate surface area is 184 Å². The number of nitrogens with one attached hydrogen (secondary N) is 1. The fourth-order valence-electron chi connectivity index (χ4n) is 3.63. The van der Waals surface area contributed by atoms with Gasteiger partial charge in [-0.15, -0.1) is 0 Å². The molecule has 1 aliphatic rings. The molecule has 31 heavy (non-hydrogen) atoms. The van der Waals surface area contributed by atoms with E-state index >= 15 is 0 Å². The van der Waals surface area contributed by atoms with Crippen LogP contribution in [0.15, 0.2) is 53.4 Å². The van der Waals surface area contributed by atoms with Crippen molar-refractivity contribution in [3.05, 3.63) is 59.7 Å². The molecule has 1 fully saturated rings. The van der Waals surface area contributed by atoms with Crippen LogP contribution in [0.1, 0.15) is 42.2 Å². The van der Waals surface area contributed by atoms with Gasteiger partial charge in [0.1, 0.15) is 5.75 Å². The zero-order valence-corrected chi connectivity index (χ0v) is 19.0. The molecule has 1 unspecified atom stereocenters. The lowest BCUT2D eigenvalue weighted by Crippen LogP contribution is -2.40. The summed E-state index contributed by atoms with van der Waals surface area (Å²) in [5.41, 5.74) is 1.20. The van der Waals surface area contributed by atoms with Gasteiger partial charge in [0.15, 0.2) is 0 Å². The molecule has 0 spiro atoms. The minimum Gasteiger partial charge on any atom is -0.496 e. The Morgan fingerprint density at radius 3 is 2.42 bits per heavy atom. The maximum Gasteiger partial charge on any atom is 0.255 e. The van der Waals surface area contributed by atoms with Gasteiger partial charge in [-0.1, -0.05) is 44.2 Å². The van der Waals surface area contributed by atoms with Crippen molar-refractivity contribution in [2.75, 3.05) is 33.4 Å². The second-order valence-corrected chi connectivity index (χ2v) is 9.88. The van der Waals surface area contributed by atoms with Crippen LogP contribution in [-0.4, -0.2) is 52.0 Å². The lowest BCUT2D eigenvalue weighted by atomic mass is 9.96. The largest absolute Gasteiger partial charge is 0.496 e. The Morgan fingerprint density at radius 1 is 1.13 bits per heavy atom. The molecular weight excluding hydrogens is 416 g/mol. The molecule has 168 valence electrons. The minimum absolute atomic E-state index is 0.0699. The summed E-state index contributed by atoms with van der Waals surface area (Å²) >= 11 is 0. The summed E-state index contributed by atoms with van der Waals surface area (Å²) in [6.07, 6.45) is 0.754. The van der Waals surface area contributed by atoms with E-state index in [0.717, 1.165) is 12.0 Å². The lowest BCUT2D eigenvalue weighted by molar-refractivity contribution is 0.0730. The molecule has 0 aliphatic carbocycles. The quantitative estimate of drug-likeness (QED) is 0.673. The monoisotopic (exact) mass is 446 g/mol. The van der Waals surface area contributed by atoms with Crippen molar-refractivity contribution in [1.29, 1.82) is 0 Å². The highest BCUT2D eigenvalue weighted by Gasteiger charge is 2.28. The summed E-state index contributed by atoms with van der Waals surface area (Å²) < 4.78 is 38.1. The van der Waals surface area contributed by atoms with Gasteiger partial charge in [0.2, 0.25) is 10.0 Å². The molecule has 2 aromatic carbocycles. The van der Waals surface area contributed by atoms with Gasteiger partial charge >= 0.3 is 0 Å². The van der Waals surface area contributed by atoms with E-state index in [1.54, 1.807) is 0 Å². The number of hydrogen-bond donors (Lipinski definition) is 1. The van der Waals surface area contributed by atoms with Crippen molar-refractivity contribution in [2.24, 2.45) is 5.92 Å². The number of ether oxygens (including phenoxy) is 2. The molecule has 3 rings (SSSR count). The molecule has 0 saturated carbocycles. The first kappa shape index (κ1) is 23.2. The molecule has 2 aromatic rings. The number of carbonyl (C=O) groups excluding carboxylic acids is 1. The lowest BCUT2D eigenvalue weighted by Gasteiger charge is -2.26. The summed E-state index contributed by atoms with van der Waals surface area (Å²) in [5, 5.41) is 3.07. The standard InChI is InChI=1S/C23H30N2O5S/c1-17(2)15-21(18-7-5-4-6-8-18)24-23(26)20-16-19(9-10-22(20)29-3)31(27,28)25-11-13-30-14-12-25/h4-10,16-17,21H,11-15H2,1-3H3,(H,24,26). The second kappa shape index (κ2) is 10.3. The minimum atomic E-state index is -3.72. The molecule has 8 heteroatoms. The van der Waals surface area contributed by atoms with Crippen molar-refractivity contribution in [2.45, 2.75) is 31.2 Å². The molecule has 7 nitrogen and oxygen atoms in total. The number of benzene rings is 2. The Bertz CT molecular complexity index is 986. The Kier molecular flexibility index (Phi) is 7.69. The van der Waals surface area contributed by atoms with Crippen molar-refractivity contribution < 1.29 is 22.7 Å². The van der Waals surface area contributed by atoms with Crippen LogP contribution >= 0.6 is 0 Å². The van der Waals surface area contributed by atoms with Gasteiger partial charge in [-0.05, 0) is 36.1 Å². The van der Waals surface area contributed by atoms with E-state index in [1.165, 1.54) is 29.6 Å². The first-order valence-corrected chi connectivity index (χ1v) is 11.9. The Balaban J connectivity index is 1.91. The van der Waals surface area contributed by atoms with Crippen LogP contribution in [0.2, 0.25) is 0 Å². The zero-order valence-electron chi connectivity index (χ0n) is 18.2. The second-order valence-electron chi connectivity index (χ2n) is 7.94. The first-order valence-electron chi connectivity index (χ1n) is 10.4. The van der Waals surface area contributed by atoms with E-state index in [2.05, 4.69) is 19.2 Å². The summed E-state index contributed by atoms with van der Waals surface area (Å²) in [6.45, 7) is 5.49. The number of hydrogen-bond acceptors (Lipinski definition) is 5. The van der Waals surface area contributed by atoms with Gasteiger partial charge in [-0.25, -0.2) is 8.42 Å². The molecule has 0 aromatic heterocycles. The number of morpholine rings is 1. The van der Waals surface area contributed by atoms with E-state index in [9.17, 15) is 13.2 Å². The maximum atomic E-state index is 13.2. The topological polar surface area (TPSA) is 84.9 Å². The number of sulfonamides is 1. The predicted molar refractivity (Wildman–Crippen MR) is 119 cm³/mol. The van der Waals surface area contributed by atoms with Crippen LogP contribution < -0.4 is 10.1 Å². The SMILES string of the molecule is COc1ccc(S(=O)(=O)N2CCOCC2)cc1C(=O)NC(CC(C)C)c1ccccc1. The highest BCUT2D eigenvalue weighted by atomic mass is 32.2. The number of rotatable bonds is 8. The first-order chi connectivity index (χ1) is 14.8. The normalized spacial score (nSPS) is 16.1. The van der Waals surface area contributed by atoms with Crippen molar-refractivity contribution in [3.8, 4) is 5.75 Å². The zero-order chi connectivity index (χ0) is 22.4. The summed E-state index contributed by atoms with van der Waals surface area (Å²) in [5.74, 6) is 0.320. The molecule has 1 aliphatic heterocycles. The van der Waals surface area contributed by atoms with Crippen molar-refractivity contribution >= 4 is 15.9 Å². The average molecular weight is 447 g/mol. The van der Waals surface area contributed by atoms with Crippen molar-refractivity contribution in [1.82, 2.24) is 9.62 Å². The average Bonchev–Trinajstić information content (AvgIpc) is 2.79. The van der Waals surface area contributed by atoms with Gasteiger partial charge in [-0.2, -0.15) is 4.31 Å². The highest BCUT2D eigenvalue weighted by Crippen LogP contribution is 2.27. The predicted octanol–water partition coefficient (Wildman–Crippen LogP) is 3.23. The van der Waals surface area contributed by atoms with Gasteiger partial charge in [0.05, 0.1) is 36.8 Å². The van der Waals surface area contributed by atoms with Crippen LogP contribution in [-0.2, 0) is 14.8 Å². The summed E-state index contributed by atoms with van der Waals surface area (Å²) in [7, 11) is -2.26. The van der Waals surface area contributed by atoms with Gasteiger partial charge in [0, 0.05) is 13.1 Å². The van der Waals surface area contributed by atoms with E-state index in [1.807, 2.05) is 30.3 Å². The molecule has 1 N–H and O–H groups in total. The van der Waals surface area contributed by atoms with E-state index in [0.29, 0.717) is 38.0 Å². The maximum absolute atomic E-state index is 13.2. The number of methoxy groups -OCH3 is 1.